The zero-order chi connectivity index (χ0) is 22.0. The zero-order valence-corrected chi connectivity index (χ0v) is 17.5. The number of nitrogens with one attached hydrogen (secondary N) is 2. The quantitative estimate of drug-likeness (QED) is 0.646. The van der Waals surface area contributed by atoms with Gasteiger partial charge in [0.2, 0.25) is 11.7 Å². The number of hydrogen-bond acceptors (Lipinski definition) is 5. The molecule has 1 aromatic carbocycles. The summed E-state index contributed by atoms with van der Waals surface area (Å²) in [5, 5.41) is 5.93. The van der Waals surface area contributed by atoms with E-state index >= 15 is 0 Å². The maximum absolute atomic E-state index is 13.2. The van der Waals surface area contributed by atoms with Crippen LogP contribution in [-0.2, 0) is 11.2 Å². The number of carbonyl (C=O) groups is 2. The van der Waals surface area contributed by atoms with Crippen LogP contribution in [-0.4, -0.2) is 69.0 Å². The van der Waals surface area contributed by atoms with E-state index in [4.69, 9.17) is 0 Å². The number of H-pyrrole nitrogens is 2. The molecule has 1 aliphatic heterocycles. The topological polar surface area (TPSA) is 115 Å². The summed E-state index contributed by atoms with van der Waals surface area (Å²) in [7, 11) is 3.45. The van der Waals surface area contributed by atoms with Crippen LogP contribution in [0.3, 0.4) is 0 Å². The van der Waals surface area contributed by atoms with E-state index in [-0.39, 0.29) is 18.3 Å². The van der Waals surface area contributed by atoms with E-state index in [0.29, 0.717) is 19.4 Å². The molecule has 0 bridgehead atoms. The van der Waals surface area contributed by atoms with Gasteiger partial charge < -0.3 is 9.80 Å². The number of benzene rings is 1. The molecule has 160 valence electrons. The number of pyridine rings is 1. The second-order valence-corrected chi connectivity index (χ2v) is 8.10. The SMILES string of the molecule is CN(C)C(=O)C1(Cc2ccc(-c3cccnc3)cc2)CCN(C(=O)c2n[nH]c(=O)[nH]2)C1. The second-order valence-electron chi connectivity index (χ2n) is 8.10. The van der Waals surface area contributed by atoms with Crippen molar-refractivity contribution in [3.05, 3.63) is 70.7 Å². The fourth-order valence-electron chi connectivity index (χ4n) is 4.18. The largest absolute Gasteiger partial charge is 0.348 e. The number of aromatic nitrogens is 4. The summed E-state index contributed by atoms with van der Waals surface area (Å²) in [4.78, 5) is 46.9. The highest BCUT2D eigenvalue weighted by Crippen LogP contribution is 2.37. The highest BCUT2D eigenvalue weighted by molar-refractivity contribution is 5.92. The molecule has 1 saturated heterocycles. The first-order valence-electron chi connectivity index (χ1n) is 10.0. The average molecular weight is 420 g/mol. The van der Waals surface area contributed by atoms with E-state index < -0.39 is 17.0 Å². The predicted octanol–water partition coefficient (Wildman–Crippen LogP) is 1.32. The van der Waals surface area contributed by atoms with E-state index in [1.807, 2.05) is 42.6 Å². The van der Waals surface area contributed by atoms with Gasteiger partial charge in [-0.1, -0.05) is 30.3 Å². The molecule has 9 heteroatoms. The lowest BCUT2D eigenvalue weighted by Crippen LogP contribution is -2.44. The summed E-state index contributed by atoms with van der Waals surface area (Å²) < 4.78 is 0. The van der Waals surface area contributed by atoms with Crippen molar-refractivity contribution in [3.8, 4) is 11.1 Å². The number of amides is 2. The molecule has 2 amide bonds. The lowest BCUT2D eigenvalue weighted by Gasteiger charge is -2.31. The van der Waals surface area contributed by atoms with E-state index in [9.17, 15) is 14.4 Å². The summed E-state index contributed by atoms with van der Waals surface area (Å²) in [5.41, 5.74) is 1.83. The summed E-state index contributed by atoms with van der Waals surface area (Å²) in [6, 6.07) is 12.0. The third kappa shape index (κ3) is 4.11. The third-order valence-corrected chi connectivity index (χ3v) is 5.70. The molecule has 2 aromatic heterocycles. The molecule has 1 fully saturated rings. The number of hydrogen-bond donors (Lipinski definition) is 2. The van der Waals surface area contributed by atoms with Gasteiger partial charge in [0, 0.05) is 39.6 Å². The molecular formula is C22H24N6O3. The molecule has 2 N–H and O–H groups in total. The standard InChI is InChI=1S/C22H24N6O3/c1-27(2)20(30)22(9-11-28(14-22)19(29)18-24-21(31)26-25-18)12-15-5-7-16(8-6-15)17-4-3-10-23-13-17/h3-8,10,13H,9,11-12,14H2,1-2H3,(H2,24,25,26,31). The van der Waals surface area contributed by atoms with Crippen molar-refractivity contribution in [2.75, 3.05) is 27.2 Å². The van der Waals surface area contributed by atoms with Crippen LogP contribution in [0.1, 0.15) is 22.6 Å². The molecule has 1 unspecified atom stereocenters. The molecule has 1 atom stereocenters. The van der Waals surface area contributed by atoms with Crippen LogP contribution >= 0.6 is 0 Å². The molecule has 0 radical (unpaired) electrons. The minimum Gasteiger partial charge on any atom is -0.348 e. The van der Waals surface area contributed by atoms with Crippen molar-refractivity contribution in [1.29, 1.82) is 0 Å². The highest BCUT2D eigenvalue weighted by Gasteiger charge is 2.47. The predicted molar refractivity (Wildman–Crippen MR) is 114 cm³/mol. The Morgan fingerprint density at radius 1 is 1.16 bits per heavy atom. The van der Waals surface area contributed by atoms with E-state index in [2.05, 4.69) is 20.2 Å². The molecule has 1 aliphatic rings. The van der Waals surface area contributed by atoms with Gasteiger partial charge in [0.05, 0.1) is 5.41 Å². The molecule has 0 aliphatic carbocycles. The third-order valence-electron chi connectivity index (χ3n) is 5.70. The summed E-state index contributed by atoms with van der Waals surface area (Å²) in [6.45, 7) is 0.684. The lowest BCUT2D eigenvalue weighted by atomic mass is 9.79. The number of aromatic amines is 2. The van der Waals surface area contributed by atoms with Crippen LogP contribution in [0.15, 0.2) is 53.6 Å². The number of carbonyl (C=O) groups excluding carboxylic acids is 2. The Kier molecular flexibility index (Phi) is 5.41. The van der Waals surface area contributed by atoms with Gasteiger partial charge in [-0.2, -0.15) is 0 Å². The Hall–Kier alpha value is -3.75. The summed E-state index contributed by atoms with van der Waals surface area (Å²) >= 11 is 0. The molecule has 3 heterocycles. The molecule has 3 aromatic rings. The molecular weight excluding hydrogens is 396 g/mol. The van der Waals surface area contributed by atoms with Crippen LogP contribution in [0.5, 0.6) is 0 Å². The van der Waals surface area contributed by atoms with Crippen molar-refractivity contribution in [2.45, 2.75) is 12.8 Å². The first-order valence-corrected chi connectivity index (χ1v) is 10.0. The molecule has 4 rings (SSSR count). The number of nitrogens with zero attached hydrogens (tertiary/aromatic N) is 4. The van der Waals surface area contributed by atoms with Crippen molar-refractivity contribution >= 4 is 11.8 Å². The van der Waals surface area contributed by atoms with Crippen LogP contribution in [0.4, 0.5) is 0 Å². The first kappa shape index (κ1) is 20.5. The maximum Gasteiger partial charge on any atom is 0.341 e. The highest BCUT2D eigenvalue weighted by atomic mass is 16.2. The minimum absolute atomic E-state index is 0.0188. The minimum atomic E-state index is -0.731. The Morgan fingerprint density at radius 3 is 2.55 bits per heavy atom. The molecule has 0 spiro atoms. The van der Waals surface area contributed by atoms with Crippen molar-refractivity contribution in [3.63, 3.8) is 0 Å². The van der Waals surface area contributed by atoms with Gasteiger partial charge in [-0.05, 0) is 35.6 Å². The van der Waals surface area contributed by atoms with Gasteiger partial charge in [0.1, 0.15) is 0 Å². The fraction of sp³-hybridized carbons (Fsp3) is 0.318. The average Bonchev–Trinajstić information content (AvgIpc) is 3.41. The second kappa shape index (κ2) is 8.17. The smallest absolute Gasteiger partial charge is 0.341 e. The Bertz CT molecular complexity index is 1140. The van der Waals surface area contributed by atoms with Gasteiger partial charge in [-0.25, -0.2) is 9.89 Å². The molecule has 31 heavy (non-hydrogen) atoms. The van der Waals surface area contributed by atoms with Gasteiger partial charge in [0.25, 0.3) is 5.91 Å². The van der Waals surface area contributed by atoms with Gasteiger partial charge >= 0.3 is 5.69 Å². The maximum atomic E-state index is 13.2. The van der Waals surface area contributed by atoms with Gasteiger partial charge in [0.15, 0.2) is 0 Å². The molecule has 0 saturated carbocycles. The van der Waals surface area contributed by atoms with Gasteiger partial charge in [-0.15, -0.1) is 5.10 Å². The fourth-order valence-corrected chi connectivity index (χ4v) is 4.18. The van der Waals surface area contributed by atoms with Crippen LogP contribution in [0, 0.1) is 5.41 Å². The van der Waals surface area contributed by atoms with Crippen LogP contribution in [0.2, 0.25) is 0 Å². The van der Waals surface area contributed by atoms with Crippen molar-refractivity contribution < 1.29 is 9.59 Å². The van der Waals surface area contributed by atoms with E-state index in [0.717, 1.165) is 16.7 Å². The molecule has 9 nitrogen and oxygen atoms in total. The Labute approximate surface area is 179 Å². The first-order chi connectivity index (χ1) is 14.9. The normalized spacial score (nSPS) is 18.2. The summed E-state index contributed by atoms with van der Waals surface area (Å²) in [5.74, 6) is -0.452. The lowest BCUT2D eigenvalue weighted by molar-refractivity contribution is -0.138. The number of likely N-dealkylation sites (tertiary alicyclic amines) is 1. The van der Waals surface area contributed by atoms with E-state index in [1.54, 1.807) is 30.1 Å². The van der Waals surface area contributed by atoms with Crippen molar-refractivity contribution in [1.82, 2.24) is 30.0 Å². The number of rotatable bonds is 5. The summed E-state index contributed by atoms with van der Waals surface area (Å²) in [6.07, 6.45) is 4.60. The van der Waals surface area contributed by atoms with E-state index in [1.165, 1.54) is 0 Å². The van der Waals surface area contributed by atoms with Crippen molar-refractivity contribution in [2.24, 2.45) is 5.41 Å². The monoisotopic (exact) mass is 420 g/mol. The van der Waals surface area contributed by atoms with Crippen LogP contribution in [0.25, 0.3) is 11.1 Å². The Morgan fingerprint density at radius 2 is 1.94 bits per heavy atom. The zero-order valence-electron chi connectivity index (χ0n) is 17.5. The van der Waals surface area contributed by atoms with Crippen LogP contribution < -0.4 is 5.69 Å². The van der Waals surface area contributed by atoms with Gasteiger partial charge in [-0.3, -0.25) is 19.6 Å². The Balaban J connectivity index is 1.57.